The highest BCUT2D eigenvalue weighted by Crippen LogP contribution is 2.15. The number of hydrogen-bond donors (Lipinski definition) is 4. The minimum Gasteiger partial charge on any atom is -0.394 e. The largest absolute Gasteiger partial charge is 0.394 e. The topological polar surface area (TPSA) is 89.8 Å². The van der Waals surface area contributed by atoms with Crippen LogP contribution in [-0.4, -0.2) is 46.1 Å². The number of aliphatic hydroxyl groups is 3. The first-order valence-corrected chi connectivity index (χ1v) is 20.6. The number of hydrogen-bond acceptors (Lipinski definition) is 4. The van der Waals surface area contributed by atoms with E-state index < -0.39 is 24.2 Å². The zero-order chi connectivity index (χ0) is 34.5. The van der Waals surface area contributed by atoms with E-state index in [1.165, 1.54) is 148 Å². The lowest BCUT2D eigenvalue weighted by Gasteiger charge is -2.23. The molecule has 47 heavy (non-hydrogen) atoms. The zero-order valence-corrected chi connectivity index (χ0v) is 31.4. The maximum atomic E-state index is 12.4. The maximum absolute atomic E-state index is 12.4. The summed E-state index contributed by atoms with van der Waals surface area (Å²) in [6.45, 7) is 4.20. The Morgan fingerprint density at radius 2 is 0.872 bits per heavy atom. The van der Waals surface area contributed by atoms with Gasteiger partial charge in [-0.05, 0) is 44.9 Å². The quantitative estimate of drug-likeness (QED) is 0.0393. The third kappa shape index (κ3) is 33.1. The number of carbonyl (C=O) groups excluding carboxylic acids is 1. The van der Waals surface area contributed by atoms with Crippen LogP contribution in [0.3, 0.4) is 0 Å². The fourth-order valence-corrected chi connectivity index (χ4v) is 6.28. The van der Waals surface area contributed by atoms with E-state index >= 15 is 0 Å². The van der Waals surface area contributed by atoms with Crippen LogP contribution >= 0.6 is 0 Å². The molecule has 0 aliphatic heterocycles. The van der Waals surface area contributed by atoms with Crippen molar-refractivity contribution >= 4 is 5.91 Å². The van der Waals surface area contributed by atoms with Crippen LogP contribution in [0.2, 0.25) is 0 Å². The van der Waals surface area contributed by atoms with Gasteiger partial charge in [-0.15, -0.1) is 0 Å². The lowest BCUT2D eigenvalue weighted by molar-refractivity contribution is -0.131. The van der Waals surface area contributed by atoms with Crippen molar-refractivity contribution in [2.75, 3.05) is 6.61 Å². The van der Waals surface area contributed by atoms with Gasteiger partial charge in [-0.3, -0.25) is 4.79 Å². The molecule has 1 amide bonds. The van der Waals surface area contributed by atoms with Gasteiger partial charge in [0.05, 0.1) is 18.8 Å². The van der Waals surface area contributed by atoms with Crippen molar-refractivity contribution in [2.45, 2.75) is 231 Å². The van der Waals surface area contributed by atoms with Crippen molar-refractivity contribution in [1.29, 1.82) is 0 Å². The van der Waals surface area contributed by atoms with Gasteiger partial charge in [0.25, 0.3) is 0 Å². The summed E-state index contributed by atoms with van der Waals surface area (Å²) in [6.07, 6.45) is 44.7. The van der Waals surface area contributed by atoms with E-state index in [0.29, 0.717) is 12.8 Å². The molecule has 0 bridgehead atoms. The van der Waals surface area contributed by atoms with E-state index in [0.717, 1.165) is 38.5 Å². The molecular weight excluding hydrogens is 582 g/mol. The molecule has 278 valence electrons. The van der Waals surface area contributed by atoms with E-state index in [-0.39, 0.29) is 6.61 Å². The normalized spacial score (nSPS) is 13.9. The van der Waals surface area contributed by atoms with Crippen LogP contribution in [0.15, 0.2) is 24.3 Å². The molecule has 4 N–H and O–H groups in total. The molecule has 0 saturated heterocycles. The highest BCUT2D eigenvalue weighted by atomic mass is 16.3. The number of allylic oxidation sites excluding steroid dienone is 4. The number of carbonyl (C=O) groups is 1. The monoisotopic (exact) mass is 664 g/mol. The molecule has 5 nitrogen and oxygen atoms in total. The number of nitrogens with one attached hydrogen (secondary N) is 1. The second-order valence-corrected chi connectivity index (χ2v) is 14.2. The molecule has 0 aromatic rings. The first-order chi connectivity index (χ1) is 23.1. The second-order valence-electron chi connectivity index (χ2n) is 14.2. The Balaban J connectivity index is 3.60. The van der Waals surface area contributed by atoms with Gasteiger partial charge in [-0.1, -0.05) is 192 Å². The Bertz CT molecular complexity index is 694. The fraction of sp³-hybridized carbons (Fsp3) is 0.881. The number of aliphatic hydroxyl groups excluding tert-OH is 3. The van der Waals surface area contributed by atoms with Gasteiger partial charge in [0.1, 0.15) is 6.10 Å². The molecule has 0 fully saturated rings. The van der Waals surface area contributed by atoms with Crippen molar-refractivity contribution in [3.05, 3.63) is 24.3 Å². The van der Waals surface area contributed by atoms with Crippen molar-refractivity contribution in [1.82, 2.24) is 5.32 Å². The molecule has 0 aromatic heterocycles. The Labute approximate surface area is 292 Å². The van der Waals surface area contributed by atoms with Gasteiger partial charge < -0.3 is 20.6 Å². The van der Waals surface area contributed by atoms with Crippen LogP contribution in [0.25, 0.3) is 0 Å². The van der Waals surface area contributed by atoms with Gasteiger partial charge in [0.2, 0.25) is 5.91 Å². The fourth-order valence-electron chi connectivity index (χ4n) is 6.28. The summed E-state index contributed by atoms with van der Waals surface area (Å²) in [5.41, 5.74) is 0. The summed E-state index contributed by atoms with van der Waals surface area (Å²) in [5.74, 6) is -0.477. The minimum atomic E-state index is -1.08. The van der Waals surface area contributed by atoms with Gasteiger partial charge in [0, 0.05) is 0 Å². The molecule has 3 unspecified atom stereocenters. The molecule has 0 aromatic carbocycles. The van der Waals surface area contributed by atoms with Crippen LogP contribution in [0, 0.1) is 0 Å². The number of unbranched alkanes of at least 4 members (excludes halogenated alkanes) is 25. The van der Waals surface area contributed by atoms with Gasteiger partial charge in [-0.25, -0.2) is 0 Å². The van der Waals surface area contributed by atoms with Gasteiger partial charge >= 0.3 is 0 Å². The maximum Gasteiger partial charge on any atom is 0.249 e. The summed E-state index contributed by atoms with van der Waals surface area (Å²) in [7, 11) is 0. The first-order valence-electron chi connectivity index (χ1n) is 20.6. The van der Waals surface area contributed by atoms with E-state index in [9.17, 15) is 20.1 Å². The summed E-state index contributed by atoms with van der Waals surface area (Å²) in [6, 6.07) is -0.710. The van der Waals surface area contributed by atoms with E-state index in [1.54, 1.807) is 0 Å². The van der Waals surface area contributed by atoms with Crippen molar-refractivity contribution in [3.8, 4) is 0 Å². The van der Waals surface area contributed by atoms with Crippen LogP contribution in [0.1, 0.15) is 213 Å². The summed E-state index contributed by atoms with van der Waals surface area (Å²) >= 11 is 0. The van der Waals surface area contributed by atoms with Crippen molar-refractivity contribution in [3.63, 3.8) is 0 Å². The molecule has 5 heteroatoms. The zero-order valence-electron chi connectivity index (χ0n) is 31.4. The van der Waals surface area contributed by atoms with E-state index in [1.807, 2.05) is 0 Å². The molecule has 0 aliphatic carbocycles. The van der Waals surface area contributed by atoms with Crippen LogP contribution < -0.4 is 5.32 Å². The lowest BCUT2D eigenvalue weighted by Crippen LogP contribution is -2.49. The SMILES string of the molecule is CCCCCCCCCCC/C=C\C/C=C\CCCCCCCCCCC(O)C(=O)NC(CO)C(O)CCCCCCCCCCC. The van der Waals surface area contributed by atoms with Crippen molar-refractivity contribution < 1.29 is 20.1 Å². The summed E-state index contributed by atoms with van der Waals surface area (Å²) < 4.78 is 0. The van der Waals surface area contributed by atoms with Gasteiger partial charge in [-0.2, -0.15) is 0 Å². The smallest absolute Gasteiger partial charge is 0.249 e. The number of amides is 1. The molecular formula is C42H81NO4. The molecule has 0 heterocycles. The Morgan fingerprint density at radius 3 is 1.28 bits per heavy atom. The minimum absolute atomic E-state index is 0.315. The first kappa shape index (κ1) is 45.8. The molecule has 0 aliphatic rings. The number of rotatable bonds is 37. The van der Waals surface area contributed by atoms with E-state index in [4.69, 9.17) is 0 Å². The average molecular weight is 664 g/mol. The van der Waals surface area contributed by atoms with Crippen molar-refractivity contribution in [2.24, 2.45) is 0 Å². The lowest BCUT2D eigenvalue weighted by atomic mass is 10.0. The molecule has 0 rings (SSSR count). The highest BCUT2D eigenvalue weighted by molar-refractivity contribution is 5.80. The predicted molar refractivity (Wildman–Crippen MR) is 204 cm³/mol. The molecule has 0 spiro atoms. The average Bonchev–Trinajstić information content (AvgIpc) is 3.07. The molecule has 0 saturated carbocycles. The Morgan fingerprint density at radius 1 is 0.511 bits per heavy atom. The Hall–Kier alpha value is -1.17. The Kier molecular flexibility index (Phi) is 36.7. The van der Waals surface area contributed by atoms with Crippen LogP contribution in [0.4, 0.5) is 0 Å². The van der Waals surface area contributed by atoms with Crippen LogP contribution in [-0.2, 0) is 4.79 Å². The third-order valence-corrected chi connectivity index (χ3v) is 9.57. The summed E-state index contributed by atoms with van der Waals surface area (Å²) in [4.78, 5) is 12.4. The predicted octanol–water partition coefficient (Wildman–Crippen LogP) is 11.4. The highest BCUT2D eigenvalue weighted by Gasteiger charge is 2.23. The summed E-state index contributed by atoms with van der Waals surface area (Å²) in [5, 5.41) is 33.1. The third-order valence-electron chi connectivity index (χ3n) is 9.57. The molecule has 3 atom stereocenters. The second kappa shape index (κ2) is 37.6. The molecule has 0 radical (unpaired) electrons. The van der Waals surface area contributed by atoms with Gasteiger partial charge in [0.15, 0.2) is 0 Å². The van der Waals surface area contributed by atoms with Crippen LogP contribution in [0.5, 0.6) is 0 Å². The standard InChI is InChI=1S/C42H81NO4/c1-3-5-7-9-11-13-14-15-16-17-18-19-20-21-22-23-24-25-26-27-29-31-33-35-37-41(46)42(47)43-39(38-44)40(45)36-34-32-30-28-12-10-8-6-4-2/h18-19,21-22,39-41,44-46H,3-17,20,23-38H2,1-2H3,(H,43,47)/b19-18-,22-21-. The van der Waals surface area contributed by atoms with E-state index in [2.05, 4.69) is 43.5 Å².